The van der Waals surface area contributed by atoms with Crippen molar-refractivity contribution in [2.75, 3.05) is 37.6 Å². The third-order valence-electron chi connectivity index (χ3n) is 6.08. The molecule has 4 rings (SSSR count). The predicted molar refractivity (Wildman–Crippen MR) is 133 cm³/mol. The van der Waals surface area contributed by atoms with Crippen molar-refractivity contribution in [3.8, 4) is 0 Å². The van der Waals surface area contributed by atoms with Crippen molar-refractivity contribution in [1.29, 1.82) is 0 Å². The van der Waals surface area contributed by atoms with E-state index in [9.17, 15) is 14.0 Å². The number of amides is 2. The maximum Gasteiger partial charge on any atom is 0.309 e. The highest BCUT2D eigenvalue weighted by atomic mass is 35.5. The monoisotopic (exact) mass is 495 g/mol. The average molecular weight is 496 g/mol. The molecule has 0 saturated carbocycles. The van der Waals surface area contributed by atoms with E-state index in [1.54, 1.807) is 42.7 Å². The minimum atomic E-state index is -0.723. The highest BCUT2D eigenvalue weighted by Crippen LogP contribution is 2.25. The number of aromatic nitrogens is 1. The summed E-state index contributed by atoms with van der Waals surface area (Å²) >= 11 is 6.11. The van der Waals surface area contributed by atoms with Gasteiger partial charge in [0, 0.05) is 56.7 Å². The van der Waals surface area contributed by atoms with Gasteiger partial charge in [0.25, 0.3) is 0 Å². The molecule has 1 aliphatic rings. The van der Waals surface area contributed by atoms with E-state index in [-0.39, 0.29) is 24.9 Å². The molecule has 0 bridgehead atoms. The Hall–Kier alpha value is -3.49. The second-order valence-corrected chi connectivity index (χ2v) is 8.67. The number of pyridine rings is 1. The van der Waals surface area contributed by atoms with Crippen molar-refractivity contribution in [2.24, 2.45) is 0 Å². The summed E-state index contributed by atoms with van der Waals surface area (Å²) in [6.07, 6.45) is 3.45. The molecule has 3 aromatic rings. The van der Waals surface area contributed by atoms with Crippen LogP contribution in [0.15, 0.2) is 73.1 Å². The van der Waals surface area contributed by atoms with Gasteiger partial charge in [0.05, 0.1) is 11.7 Å². The van der Waals surface area contributed by atoms with Gasteiger partial charge in [-0.05, 0) is 35.4 Å². The number of carbonyl (C=O) groups excluding carboxylic acids is 2. The number of anilines is 1. The molecule has 7 nitrogen and oxygen atoms in total. The van der Waals surface area contributed by atoms with Crippen LogP contribution in [0.3, 0.4) is 0 Å². The lowest BCUT2D eigenvalue weighted by Crippen LogP contribution is -2.51. The zero-order valence-corrected chi connectivity index (χ0v) is 19.9. The molecule has 35 heavy (non-hydrogen) atoms. The molecule has 9 heteroatoms. The average Bonchev–Trinajstić information content (AvgIpc) is 2.89. The fourth-order valence-electron chi connectivity index (χ4n) is 4.18. The standard InChI is InChI=1S/C26H27ClFN5O2/c27-21-8-2-1-6-19(21)17-30-25(34)26(35)31-18-24(20-7-5-11-29-16-20)33-14-12-32(13-15-33)23-10-4-3-9-22(23)28/h1-11,16,24H,12-15,17-18H2,(H,30,34)(H,31,35)/t24-/m0/s1. The van der Waals surface area contributed by atoms with Gasteiger partial charge in [0.2, 0.25) is 0 Å². The van der Waals surface area contributed by atoms with Crippen molar-refractivity contribution in [3.63, 3.8) is 0 Å². The van der Waals surface area contributed by atoms with Crippen molar-refractivity contribution >= 4 is 29.1 Å². The largest absolute Gasteiger partial charge is 0.367 e. The minimum absolute atomic E-state index is 0.163. The van der Waals surface area contributed by atoms with Gasteiger partial charge in [-0.3, -0.25) is 19.5 Å². The topological polar surface area (TPSA) is 77.6 Å². The van der Waals surface area contributed by atoms with Gasteiger partial charge in [0.15, 0.2) is 0 Å². The molecule has 2 amide bonds. The summed E-state index contributed by atoms with van der Waals surface area (Å²) in [5.74, 6) is -1.67. The zero-order chi connectivity index (χ0) is 24.6. The molecule has 1 atom stereocenters. The van der Waals surface area contributed by atoms with Crippen LogP contribution < -0.4 is 15.5 Å². The van der Waals surface area contributed by atoms with E-state index in [1.807, 2.05) is 29.2 Å². The van der Waals surface area contributed by atoms with Crippen LogP contribution in [0.5, 0.6) is 0 Å². The number of benzene rings is 2. The molecule has 0 unspecified atom stereocenters. The molecule has 0 aliphatic carbocycles. The van der Waals surface area contributed by atoms with Crippen LogP contribution in [0.4, 0.5) is 10.1 Å². The van der Waals surface area contributed by atoms with Gasteiger partial charge in [-0.2, -0.15) is 0 Å². The number of carbonyl (C=O) groups is 2. The molecule has 0 spiro atoms. The first-order chi connectivity index (χ1) is 17.0. The molecular formula is C26H27ClFN5O2. The number of hydrogen-bond donors (Lipinski definition) is 2. The van der Waals surface area contributed by atoms with E-state index in [4.69, 9.17) is 11.6 Å². The number of rotatable bonds is 7. The molecule has 2 aromatic carbocycles. The Balaban J connectivity index is 1.36. The smallest absolute Gasteiger partial charge is 0.309 e. The lowest BCUT2D eigenvalue weighted by Gasteiger charge is -2.40. The zero-order valence-electron chi connectivity index (χ0n) is 19.2. The Morgan fingerprint density at radius 3 is 2.37 bits per heavy atom. The van der Waals surface area contributed by atoms with Gasteiger partial charge in [-0.1, -0.05) is 48.0 Å². The summed E-state index contributed by atoms with van der Waals surface area (Å²) in [6, 6.07) is 17.5. The predicted octanol–water partition coefficient (Wildman–Crippen LogP) is 3.17. The SMILES string of the molecule is O=C(NCc1ccccc1Cl)C(=O)NC[C@@H](c1cccnc1)N1CCN(c2ccccc2F)CC1. The van der Waals surface area contributed by atoms with Gasteiger partial charge in [-0.15, -0.1) is 0 Å². The van der Waals surface area contributed by atoms with Gasteiger partial charge < -0.3 is 15.5 Å². The third kappa shape index (κ3) is 6.35. The van der Waals surface area contributed by atoms with Crippen molar-refractivity contribution in [2.45, 2.75) is 12.6 Å². The van der Waals surface area contributed by atoms with E-state index in [0.717, 1.165) is 11.1 Å². The maximum atomic E-state index is 14.2. The first-order valence-electron chi connectivity index (χ1n) is 11.5. The van der Waals surface area contributed by atoms with E-state index in [2.05, 4.69) is 20.5 Å². The second kappa shape index (κ2) is 11.8. The second-order valence-electron chi connectivity index (χ2n) is 8.26. The molecule has 2 N–H and O–H groups in total. The van der Waals surface area contributed by atoms with Crippen molar-refractivity contribution in [1.82, 2.24) is 20.5 Å². The Kier molecular flexibility index (Phi) is 8.28. The fourth-order valence-corrected chi connectivity index (χ4v) is 4.38. The first-order valence-corrected chi connectivity index (χ1v) is 11.8. The highest BCUT2D eigenvalue weighted by Gasteiger charge is 2.27. The number of nitrogens with one attached hydrogen (secondary N) is 2. The fraction of sp³-hybridized carbons (Fsp3) is 0.269. The van der Waals surface area contributed by atoms with Crippen LogP contribution in [-0.4, -0.2) is 54.4 Å². The van der Waals surface area contributed by atoms with Crippen LogP contribution in [-0.2, 0) is 16.1 Å². The Morgan fingerprint density at radius 1 is 0.943 bits per heavy atom. The van der Waals surface area contributed by atoms with Crippen molar-refractivity contribution in [3.05, 3.63) is 95.0 Å². The van der Waals surface area contributed by atoms with Crippen LogP contribution in [0.1, 0.15) is 17.2 Å². The third-order valence-corrected chi connectivity index (χ3v) is 6.45. The molecular weight excluding hydrogens is 469 g/mol. The number of para-hydroxylation sites is 1. The lowest BCUT2D eigenvalue weighted by molar-refractivity contribution is -0.139. The van der Waals surface area contributed by atoms with Crippen LogP contribution >= 0.6 is 11.6 Å². The van der Waals surface area contributed by atoms with E-state index >= 15 is 0 Å². The summed E-state index contributed by atoms with van der Waals surface area (Å²) in [4.78, 5) is 33.3. The minimum Gasteiger partial charge on any atom is -0.367 e. The molecule has 0 radical (unpaired) electrons. The Morgan fingerprint density at radius 2 is 1.66 bits per heavy atom. The number of hydrogen-bond acceptors (Lipinski definition) is 5. The first kappa shape index (κ1) is 24.6. The number of nitrogens with zero attached hydrogens (tertiary/aromatic N) is 3. The summed E-state index contributed by atoms with van der Waals surface area (Å²) in [5.41, 5.74) is 2.26. The molecule has 1 aromatic heterocycles. The number of halogens is 2. The van der Waals surface area contributed by atoms with Crippen LogP contribution in [0.25, 0.3) is 0 Å². The number of piperazine rings is 1. The van der Waals surface area contributed by atoms with E-state index < -0.39 is 11.8 Å². The Bertz CT molecular complexity index is 1160. The summed E-state index contributed by atoms with van der Waals surface area (Å²) in [6.45, 7) is 3.03. The molecule has 1 fully saturated rings. The summed E-state index contributed by atoms with van der Waals surface area (Å²) in [7, 11) is 0. The Labute approximate surface area is 208 Å². The molecule has 1 saturated heterocycles. The van der Waals surface area contributed by atoms with E-state index in [1.165, 1.54) is 6.07 Å². The van der Waals surface area contributed by atoms with E-state index in [0.29, 0.717) is 36.9 Å². The van der Waals surface area contributed by atoms with Gasteiger partial charge in [0.1, 0.15) is 5.82 Å². The van der Waals surface area contributed by atoms with Crippen molar-refractivity contribution < 1.29 is 14.0 Å². The quantitative estimate of drug-likeness (QED) is 0.492. The summed E-state index contributed by atoms with van der Waals surface area (Å²) < 4.78 is 14.2. The van der Waals surface area contributed by atoms with Crippen LogP contribution in [0.2, 0.25) is 5.02 Å². The molecule has 182 valence electrons. The molecule has 2 heterocycles. The van der Waals surface area contributed by atoms with Gasteiger partial charge >= 0.3 is 11.8 Å². The summed E-state index contributed by atoms with van der Waals surface area (Å²) in [5, 5.41) is 5.89. The van der Waals surface area contributed by atoms with Gasteiger partial charge in [-0.25, -0.2) is 4.39 Å². The highest BCUT2D eigenvalue weighted by molar-refractivity contribution is 6.35. The molecule has 1 aliphatic heterocycles. The normalized spacial score (nSPS) is 14.9. The lowest BCUT2D eigenvalue weighted by atomic mass is 10.1. The van der Waals surface area contributed by atoms with Crippen LogP contribution in [0, 0.1) is 5.82 Å². The maximum absolute atomic E-state index is 14.2.